The highest BCUT2D eigenvalue weighted by Gasteiger charge is 2.22. The Morgan fingerprint density at radius 2 is 0.538 bits per heavy atom. The second kappa shape index (κ2) is 63.6. The van der Waals surface area contributed by atoms with Crippen molar-refractivity contribution in [1.29, 1.82) is 0 Å². The first-order valence-corrected chi connectivity index (χ1v) is 27.0. The van der Waals surface area contributed by atoms with Gasteiger partial charge in [-0.2, -0.15) is 0 Å². The average molecular weight is 1140 g/mol. The van der Waals surface area contributed by atoms with Gasteiger partial charge in [0, 0.05) is 35.0 Å². The smallest absolute Gasteiger partial charge is 0.408 e. The quantitative estimate of drug-likeness (QED) is 0.0809. The van der Waals surface area contributed by atoms with Crippen molar-refractivity contribution in [2.45, 2.75) is 44.4 Å². The molecule has 0 radical (unpaired) electrons. The lowest BCUT2D eigenvalue weighted by Crippen LogP contribution is -2.43. The predicted octanol–water partition coefficient (Wildman–Crippen LogP) is 1.16. The molecule has 27 heteroatoms. The monoisotopic (exact) mass is 1140 g/mol. The van der Waals surface area contributed by atoms with E-state index >= 15 is 0 Å². The first-order chi connectivity index (χ1) is 38.4. The molecular weight excluding hydrogens is 1040 g/mol. The van der Waals surface area contributed by atoms with Gasteiger partial charge < -0.3 is 115 Å². The number of amides is 2. The molecule has 0 spiro atoms. The minimum atomic E-state index is -0.838. The van der Waals surface area contributed by atoms with Crippen molar-refractivity contribution in [2.75, 3.05) is 273 Å². The van der Waals surface area contributed by atoms with E-state index in [-0.39, 0.29) is 78.4 Å². The Morgan fingerprint density at radius 3 is 0.782 bits per heavy atom. The lowest BCUT2D eigenvalue weighted by molar-refractivity contribution is -0.119. The number of carbonyl (C=O) groups is 3. The maximum absolute atomic E-state index is 13.1. The number of carbonyl (C=O) groups excluding carboxylic acids is 3. The lowest BCUT2D eigenvalue weighted by atomic mass is 10.1. The average Bonchev–Trinajstić information content (AvgIpc) is 3.43. The molecule has 0 saturated heterocycles. The third kappa shape index (κ3) is 58.1. The van der Waals surface area contributed by atoms with Crippen LogP contribution in [0, 0.1) is 0 Å². The number of alkyl carbamates (subject to hydrolysis) is 2. The fourth-order valence-electron chi connectivity index (χ4n) is 5.86. The molecule has 2 N–H and O–H groups in total. The molecule has 2 amide bonds. The van der Waals surface area contributed by atoms with Crippen LogP contribution in [-0.4, -0.2) is 309 Å². The molecule has 0 aliphatic heterocycles. The number of rotatable bonds is 65. The number of unbranched alkanes of at least 4 members (excludes halogenated alkanes) is 1. The van der Waals surface area contributed by atoms with Crippen LogP contribution in [0.5, 0.6) is 0 Å². The molecule has 78 heavy (non-hydrogen) atoms. The van der Waals surface area contributed by atoms with Crippen LogP contribution >= 0.6 is 0 Å². The van der Waals surface area contributed by atoms with Crippen molar-refractivity contribution < 1.29 is 119 Å². The molecule has 27 nitrogen and oxygen atoms in total. The second-order valence-electron chi connectivity index (χ2n) is 16.4. The molecule has 1 unspecified atom stereocenters. The van der Waals surface area contributed by atoms with Crippen molar-refractivity contribution >= 4 is 18.0 Å². The van der Waals surface area contributed by atoms with Crippen LogP contribution in [-0.2, 0) is 109 Å². The van der Waals surface area contributed by atoms with E-state index in [0.29, 0.717) is 191 Å². The van der Waals surface area contributed by atoms with Gasteiger partial charge in [0.05, 0.1) is 244 Å². The van der Waals surface area contributed by atoms with Crippen molar-refractivity contribution in [1.82, 2.24) is 10.6 Å². The van der Waals surface area contributed by atoms with E-state index in [9.17, 15) is 14.4 Å². The fourth-order valence-corrected chi connectivity index (χ4v) is 5.86. The first-order valence-electron chi connectivity index (χ1n) is 27.0. The third-order valence-electron chi connectivity index (χ3n) is 9.93. The predicted molar refractivity (Wildman–Crippen MR) is 281 cm³/mol. The van der Waals surface area contributed by atoms with E-state index in [4.69, 9.17) is 104 Å². The summed E-state index contributed by atoms with van der Waals surface area (Å²) in [7, 11) is 6.46. The molecule has 0 heterocycles. The van der Waals surface area contributed by atoms with Gasteiger partial charge in [0.25, 0.3) is 0 Å². The van der Waals surface area contributed by atoms with Gasteiger partial charge in [-0.15, -0.1) is 0 Å². The second-order valence-corrected chi connectivity index (χ2v) is 16.4. The molecule has 0 rings (SSSR count). The van der Waals surface area contributed by atoms with Gasteiger partial charge >= 0.3 is 12.2 Å². The Labute approximate surface area is 463 Å². The molecule has 0 saturated carbocycles. The van der Waals surface area contributed by atoms with Gasteiger partial charge in [0.15, 0.2) is 18.0 Å². The van der Waals surface area contributed by atoms with Crippen LogP contribution in [0.3, 0.4) is 0 Å². The van der Waals surface area contributed by atoms with Gasteiger partial charge in [-0.05, 0) is 26.2 Å². The van der Waals surface area contributed by atoms with E-state index in [1.807, 2.05) is 0 Å². The molecule has 0 fully saturated rings. The number of hydrogen-bond acceptors (Lipinski definition) is 25. The number of Topliss-reactive ketones (excluding diaryl/α,β-unsaturated/α-hetero) is 1. The normalized spacial score (nSPS) is 12.0. The van der Waals surface area contributed by atoms with Crippen LogP contribution < -0.4 is 10.6 Å². The molecule has 464 valence electrons. The summed E-state index contributed by atoms with van der Waals surface area (Å²) in [4.78, 5) is 38.6. The molecule has 0 aliphatic carbocycles. The SMILES string of the molecule is COCCOCCOCCOCCOCC(COCCOCCOCCOCCOC)OC(=O)NCCCCC(NC(=O)OC(COCCOCCOCCOCCOC)COCCOCCOCCOCCOC)C(C)=O. The van der Waals surface area contributed by atoms with E-state index in [1.165, 1.54) is 6.92 Å². The van der Waals surface area contributed by atoms with Crippen LogP contribution in [0.25, 0.3) is 0 Å². The fraction of sp³-hybridized carbons (Fsp3) is 0.941. The molecule has 0 aromatic heterocycles. The third-order valence-corrected chi connectivity index (χ3v) is 9.93. The Morgan fingerprint density at radius 1 is 0.308 bits per heavy atom. The van der Waals surface area contributed by atoms with Gasteiger partial charge in [-0.3, -0.25) is 4.79 Å². The highest BCUT2D eigenvalue weighted by molar-refractivity contribution is 5.85. The standard InChI is InChI=1S/C51H100N2O25/c1-46(54)49(53-51(56)78-48(44-75-40-36-71-32-28-67-24-20-63-16-12-59-4)45-76-41-37-72-33-29-68-25-21-64-17-13-60-5)8-6-7-9-52-50(55)77-47(42-73-38-34-69-30-26-65-22-18-61-14-10-57-2)43-74-39-35-70-31-27-66-23-19-62-15-11-58-3/h47-49H,6-45H2,1-5H3,(H,52,55)(H,53,56). The number of ether oxygens (including phenoxy) is 22. The van der Waals surface area contributed by atoms with Gasteiger partial charge in [-0.1, -0.05) is 0 Å². The van der Waals surface area contributed by atoms with Gasteiger partial charge in [0.2, 0.25) is 0 Å². The lowest BCUT2D eigenvalue weighted by Gasteiger charge is -2.21. The van der Waals surface area contributed by atoms with Crippen LogP contribution in [0.15, 0.2) is 0 Å². The summed E-state index contributed by atoms with van der Waals surface area (Å²) >= 11 is 0. The summed E-state index contributed by atoms with van der Waals surface area (Å²) < 4.78 is 120. The highest BCUT2D eigenvalue weighted by atomic mass is 16.6. The Kier molecular flexibility index (Phi) is 61.5. The van der Waals surface area contributed by atoms with Gasteiger partial charge in [0.1, 0.15) is 0 Å². The molecule has 0 aromatic carbocycles. The van der Waals surface area contributed by atoms with Crippen LogP contribution in [0.4, 0.5) is 9.59 Å². The van der Waals surface area contributed by atoms with Crippen molar-refractivity contribution in [3.63, 3.8) is 0 Å². The first kappa shape index (κ1) is 75.4. The number of hydrogen-bond donors (Lipinski definition) is 2. The maximum Gasteiger partial charge on any atom is 0.408 e. The zero-order valence-corrected chi connectivity index (χ0v) is 47.7. The summed E-state index contributed by atoms with van der Waals surface area (Å²) in [6.45, 7) is 14.8. The summed E-state index contributed by atoms with van der Waals surface area (Å²) in [5, 5.41) is 5.39. The molecule has 0 aromatic rings. The topological polar surface area (TPSA) is 278 Å². The highest BCUT2D eigenvalue weighted by Crippen LogP contribution is 2.06. The summed E-state index contributed by atoms with van der Waals surface area (Å²) in [6, 6.07) is -0.838. The Hall–Kier alpha value is -2.59. The van der Waals surface area contributed by atoms with Crippen molar-refractivity contribution in [3.8, 4) is 0 Å². The van der Waals surface area contributed by atoms with E-state index in [0.717, 1.165) is 0 Å². The minimum Gasteiger partial charge on any atom is -0.441 e. The number of ketones is 1. The van der Waals surface area contributed by atoms with E-state index in [2.05, 4.69) is 10.6 Å². The molecule has 0 aliphatic rings. The Balaban J connectivity index is 4.88. The largest absolute Gasteiger partial charge is 0.441 e. The zero-order chi connectivity index (χ0) is 56.7. The van der Waals surface area contributed by atoms with Crippen molar-refractivity contribution in [3.05, 3.63) is 0 Å². The van der Waals surface area contributed by atoms with Crippen molar-refractivity contribution in [2.24, 2.45) is 0 Å². The number of nitrogens with one attached hydrogen (secondary N) is 2. The summed E-state index contributed by atoms with van der Waals surface area (Å²) in [5.74, 6) is -0.262. The molecule has 0 bridgehead atoms. The summed E-state index contributed by atoms with van der Waals surface area (Å²) in [6.07, 6.45) is -1.75. The van der Waals surface area contributed by atoms with Crippen LogP contribution in [0.2, 0.25) is 0 Å². The van der Waals surface area contributed by atoms with Gasteiger partial charge in [-0.25, -0.2) is 9.59 Å². The van der Waals surface area contributed by atoms with E-state index in [1.54, 1.807) is 28.4 Å². The maximum atomic E-state index is 13.1. The number of methoxy groups -OCH3 is 4. The van der Waals surface area contributed by atoms with Crippen LogP contribution in [0.1, 0.15) is 26.2 Å². The Bertz CT molecular complexity index is 1200. The zero-order valence-electron chi connectivity index (χ0n) is 47.7. The molecule has 1 atom stereocenters. The van der Waals surface area contributed by atoms with E-state index < -0.39 is 30.4 Å². The summed E-state index contributed by atoms with van der Waals surface area (Å²) in [5.41, 5.74) is 0. The molecular formula is C51H100N2O25. The minimum absolute atomic E-state index is 0.00850.